The van der Waals surface area contributed by atoms with Crippen molar-refractivity contribution >= 4 is 50.5 Å². The molecule has 0 atom stereocenters. The summed E-state index contributed by atoms with van der Waals surface area (Å²) in [5.74, 6) is 0.936. The highest BCUT2D eigenvalue weighted by atomic mass is 32.1. The van der Waals surface area contributed by atoms with Gasteiger partial charge < -0.3 is 20.1 Å². The van der Waals surface area contributed by atoms with E-state index in [0.29, 0.717) is 30.4 Å². The highest BCUT2D eigenvalue weighted by Gasteiger charge is 2.29. The van der Waals surface area contributed by atoms with E-state index in [0.717, 1.165) is 43.4 Å². The first-order valence-electron chi connectivity index (χ1n) is 12.1. The summed E-state index contributed by atoms with van der Waals surface area (Å²) in [6.07, 6.45) is 0. The number of rotatable bonds is 10. The van der Waals surface area contributed by atoms with Crippen molar-refractivity contribution in [1.29, 1.82) is 0 Å². The zero-order valence-electron chi connectivity index (χ0n) is 21.2. The first kappa shape index (κ1) is 26.0. The van der Waals surface area contributed by atoms with Gasteiger partial charge in [-0.1, -0.05) is 6.07 Å². The van der Waals surface area contributed by atoms with Crippen LogP contribution in [-0.2, 0) is 9.59 Å². The Morgan fingerprint density at radius 1 is 1.08 bits per heavy atom. The van der Waals surface area contributed by atoms with E-state index in [1.807, 2.05) is 60.6 Å². The fourth-order valence-corrected chi connectivity index (χ4v) is 5.98. The molecule has 4 heterocycles. The van der Waals surface area contributed by atoms with E-state index >= 15 is 0 Å². The first-order chi connectivity index (χ1) is 18.4. The minimum Gasteiger partial charge on any atom is -0.492 e. The van der Waals surface area contributed by atoms with Crippen molar-refractivity contribution in [2.24, 2.45) is 0 Å². The number of aliphatic hydroxyl groups excluding tert-OH is 1. The van der Waals surface area contributed by atoms with E-state index in [4.69, 9.17) is 19.8 Å². The number of carbonyl (C=O) groups is 2. The minimum absolute atomic E-state index is 0.124. The Morgan fingerprint density at radius 2 is 1.87 bits per heavy atom. The Kier molecular flexibility index (Phi) is 7.52. The van der Waals surface area contributed by atoms with Gasteiger partial charge in [-0.15, -0.1) is 22.7 Å². The maximum Gasteiger partial charge on any atom is 0.275 e. The maximum absolute atomic E-state index is 12.4. The van der Waals surface area contributed by atoms with Gasteiger partial charge in [0.2, 0.25) is 0 Å². The van der Waals surface area contributed by atoms with E-state index < -0.39 is 11.8 Å². The van der Waals surface area contributed by atoms with Crippen molar-refractivity contribution in [3.05, 3.63) is 58.6 Å². The summed E-state index contributed by atoms with van der Waals surface area (Å²) in [7, 11) is 1.94. The third-order valence-corrected chi connectivity index (χ3v) is 8.39. The number of carbonyl (C=O) groups excluding carboxylic acids is 2. The normalized spacial score (nSPS) is 13.6. The average Bonchev–Trinajstić information content (AvgIpc) is 3.61. The molecular weight excluding hydrogens is 522 g/mol. The number of nitrogens with zero attached hydrogens (tertiary/aromatic N) is 3. The van der Waals surface area contributed by atoms with Gasteiger partial charge in [-0.05, 0) is 67.7 Å². The smallest absolute Gasteiger partial charge is 0.275 e. The Bertz CT molecular complexity index is 1530. The highest BCUT2D eigenvalue weighted by Crippen LogP contribution is 2.42. The van der Waals surface area contributed by atoms with Crippen LogP contribution in [0.15, 0.2) is 53.0 Å². The number of likely N-dealkylation sites (N-methyl/N-ethyl adjacent to an activating group) is 1. The lowest BCUT2D eigenvalue weighted by molar-refractivity contribution is -0.124. The van der Waals surface area contributed by atoms with Gasteiger partial charge in [0.25, 0.3) is 11.8 Å². The van der Waals surface area contributed by atoms with Gasteiger partial charge in [0.05, 0.1) is 16.9 Å². The van der Waals surface area contributed by atoms with Crippen LogP contribution in [0.25, 0.3) is 31.4 Å². The SMILES string of the molecule is CC1=C(Nc2nc(-c3cccs3)nc3sc(-c4ccc(OCCN(C)CCO)cc4)c(C)c23)C(=O)NC1=O. The van der Waals surface area contributed by atoms with Gasteiger partial charge in [-0.2, -0.15) is 0 Å². The van der Waals surface area contributed by atoms with Crippen LogP contribution >= 0.6 is 22.7 Å². The van der Waals surface area contributed by atoms with Crippen molar-refractivity contribution in [3.8, 4) is 26.9 Å². The fraction of sp³-hybridized carbons (Fsp3) is 0.259. The second-order valence-electron chi connectivity index (χ2n) is 8.92. The van der Waals surface area contributed by atoms with Crippen molar-refractivity contribution in [2.75, 3.05) is 38.7 Å². The molecule has 0 saturated carbocycles. The van der Waals surface area contributed by atoms with Crippen LogP contribution in [0.1, 0.15) is 12.5 Å². The molecule has 0 fully saturated rings. The van der Waals surface area contributed by atoms with Crippen molar-refractivity contribution < 1.29 is 19.4 Å². The second-order valence-corrected chi connectivity index (χ2v) is 10.9. The summed E-state index contributed by atoms with van der Waals surface area (Å²) in [4.78, 5) is 38.8. The Hall–Kier alpha value is -3.64. The summed E-state index contributed by atoms with van der Waals surface area (Å²) in [5.41, 5.74) is 2.52. The number of thiophene rings is 2. The largest absolute Gasteiger partial charge is 0.492 e. The number of aliphatic hydroxyl groups is 1. The molecule has 0 spiro atoms. The van der Waals surface area contributed by atoms with E-state index in [-0.39, 0.29) is 12.3 Å². The van der Waals surface area contributed by atoms with Crippen molar-refractivity contribution in [1.82, 2.24) is 20.2 Å². The first-order valence-corrected chi connectivity index (χ1v) is 13.8. The molecule has 3 N–H and O–H groups in total. The van der Waals surface area contributed by atoms with Gasteiger partial charge in [0.1, 0.15) is 28.7 Å². The summed E-state index contributed by atoms with van der Waals surface area (Å²) in [5, 5.41) is 17.3. The van der Waals surface area contributed by atoms with Crippen LogP contribution in [0.3, 0.4) is 0 Å². The van der Waals surface area contributed by atoms with E-state index in [1.165, 1.54) is 11.3 Å². The number of amides is 2. The van der Waals surface area contributed by atoms with Crippen LogP contribution in [0, 0.1) is 6.92 Å². The van der Waals surface area contributed by atoms with Crippen LogP contribution in [-0.4, -0.2) is 65.1 Å². The molecule has 5 rings (SSSR count). The number of aromatic nitrogens is 2. The topological polar surface area (TPSA) is 117 Å². The quantitative estimate of drug-likeness (QED) is 0.254. The number of hydrogen-bond donors (Lipinski definition) is 3. The number of fused-ring (bicyclic) bond motifs is 1. The van der Waals surface area contributed by atoms with Crippen molar-refractivity contribution in [3.63, 3.8) is 0 Å². The maximum atomic E-state index is 12.4. The second kappa shape index (κ2) is 11.0. The predicted octanol–water partition coefficient (Wildman–Crippen LogP) is 4.04. The Morgan fingerprint density at radius 3 is 2.53 bits per heavy atom. The van der Waals surface area contributed by atoms with Gasteiger partial charge in [-0.3, -0.25) is 14.9 Å². The lowest BCUT2D eigenvalue weighted by Crippen LogP contribution is -2.27. The average molecular weight is 550 g/mol. The lowest BCUT2D eigenvalue weighted by atomic mass is 10.1. The number of imide groups is 1. The van der Waals surface area contributed by atoms with Crippen LogP contribution in [0.2, 0.25) is 0 Å². The van der Waals surface area contributed by atoms with Gasteiger partial charge >= 0.3 is 0 Å². The number of anilines is 1. The van der Waals surface area contributed by atoms with E-state index in [2.05, 4.69) is 10.6 Å². The fourth-order valence-electron chi connectivity index (χ4n) is 4.14. The van der Waals surface area contributed by atoms with E-state index in [1.54, 1.807) is 18.3 Å². The lowest BCUT2D eigenvalue weighted by Gasteiger charge is -2.15. The summed E-state index contributed by atoms with van der Waals surface area (Å²) >= 11 is 3.09. The Balaban J connectivity index is 1.49. The molecule has 1 aliphatic rings. The Labute approximate surface area is 227 Å². The standard InChI is InChI=1S/C27H27N5O4S2/c1-15-20-24(28-21-16(2)25(34)31-26(21)35)29-23(19-5-4-14-37-19)30-27(20)38-22(15)17-6-8-18(9-7-17)36-13-11-32(3)10-12-33/h4-9,14,33H,10-13H2,1-3H3,(H2,28,29,30,31,34,35). The molecule has 9 nitrogen and oxygen atoms in total. The molecular formula is C27H27N5O4S2. The minimum atomic E-state index is -0.469. The molecule has 196 valence electrons. The molecule has 1 aliphatic heterocycles. The molecule has 0 aliphatic carbocycles. The van der Waals surface area contributed by atoms with Crippen LogP contribution in [0.4, 0.5) is 5.82 Å². The third-order valence-electron chi connectivity index (χ3n) is 6.28. The summed E-state index contributed by atoms with van der Waals surface area (Å²) in [6.45, 7) is 5.60. The molecule has 0 saturated heterocycles. The molecule has 0 unspecified atom stereocenters. The van der Waals surface area contributed by atoms with Gasteiger partial charge in [0, 0.05) is 23.5 Å². The van der Waals surface area contributed by atoms with Gasteiger partial charge in [-0.25, -0.2) is 9.97 Å². The molecule has 4 aromatic rings. The zero-order chi connectivity index (χ0) is 26.8. The number of hydrogen-bond acceptors (Lipinski definition) is 10. The van der Waals surface area contributed by atoms with Crippen molar-refractivity contribution in [2.45, 2.75) is 13.8 Å². The van der Waals surface area contributed by atoms with E-state index in [9.17, 15) is 9.59 Å². The number of ether oxygens (including phenoxy) is 1. The predicted molar refractivity (Wildman–Crippen MR) is 150 cm³/mol. The number of aryl methyl sites for hydroxylation is 1. The highest BCUT2D eigenvalue weighted by molar-refractivity contribution is 7.22. The number of benzene rings is 1. The molecule has 11 heteroatoms. The van der Waals surface area contributed by atoms with Crippen LogP contribution in [0.5, 0.6) is 5.75 Å². The summed E-state index contributed by atoms with van der Waals surface area (Å²) in [6, 6.07) is 11.8. The monoisotopic (exact) mass is 549 g/mol. The van der Waals surface area contributed by atoms with Crippen LogP contribution < -0.4 is 15.4 Å². The molecule has 3 aromatic heterocycles. The third kappa shape index (κ3) is 5.18. The molecule has 0 bridgehead atoms. The zero-order valence-corrected chi connectivity index (χ0v) is 22.8. The molecule has 1 aromatic carbocycles. The molecule has 38 heavy (non-hydrogen) atoms. The summed E-state index contributed by atoms with van der Waals surface area (Å²) < 4.78 is 5.86. The van der Waals surface area contributed by atoms with Gasteiger partial charge in [0.15, 0.2) is 5.82 Å². The molecule has 0 radical (unpaired) electrons. The molecule has 2 amide bonds. The number of nitrogens with one attached hydrogen (secondary N) is 2.